The maximum absolute atomic E-state index is 12.1. The first-order chi connectivity index (χ1) is 11.7. The molecule has 2 N–H and O–H groups in total. The first-order valence-corrected chi connectivity index (χ1v) is 8.15. The van der Waals surface area contributed by atoms with Crippen molar-refractivity contribution in [3.63, 3.8) is 0 Å². The molecule has 1 aromatic carbocycles. The molecule has 0 radical (unpaired) electrons. The molecule has 6 heteroatoms. The van der Waals surface area contributed by atoms with Crippen LogP contribution < -0.4 is 15.4 Å². The summed E-state index contributed by atoms with van der Waals surface area (Å²) in [4.78, 5) is 20.2. The fourth-order valence-electron chi connectivity index (χ4n) is 2.81. The molecule has 1 aliphatic carbocycles. The average molecular weight is 326 g/mol. The minimum atomic E-state index is 0.0260. The zero-order chi connectivity index (χ0) is 16.8. The molecule has 0 spiro atoms. The molecule has 6 nitrogen and oxygen atoms in total. The number of carbonyl (C=O) groups is 1. The van der Waals surface area contributed by atoms with Crippen LogP contribution in [-0.2, 0) is 10.2 Å². The second-order valence-electron chi connectivity index (χ2n) is 6.01. The van der Waals surface area contributed by atoms with Crippen molar-refractivity contribution < 1.29 is 9.53 Å². The lowest BCUT2D eigenvalue weighted by atomic mass is 9.95. The Kier molecular flexibility index (Phi) is 4.93. The van der Waals surface area contributed by atoms with Gasteiger partial charge in [-0.25, -0.2) is 9.97 Å². The largest absolute Gasteiger partial charge is 0.496 e. The highest BCUT2D eigenvalue weighted by Crippen LogP contribution is 2.50. The van der Waals surface area contributed by atoms with Gasteiger partial charge in [0.1, 0.15) is 5.75 Å². The minimum Gasteiger partial charge on any atom is -0.496 e. The Morgan fingerprint density at radius 1 is 1.21 bits per heavy atom. The number of anilines is 1. The normalized spacial score (nSPS) is 14.7. The number of para-hydroxylation sites is 1. The van der Waals surface area contributed by atoms with Gasteiger partial charge in [0.15, 0.2) is 0 Å². The number of ether oxygens (including phenoxy) is 1. The molecule has 0 atom stereocenters. The number of nitrogens with zero attached hydrogens (tertiary/aromatic N) is 2. The molecule has 24 heavy (non-hydrogen) atoms. The molecular weight excluding hydrogens is 304 g/mol. The van der Waals surface area contributed by atoms with E-state index in [1.165, 1.54) is 5.56 Å². The molecular formula is C18H22N4O2. The standard InChI is InChI=1S/C18H22N4O2/c1-24-15-6-3-2-5-14(15)18(8-9-18)13-22-16(23)7-12-21-17-19-10-4-11-20-17/h2-6,10-11H,7-9,12-13H2,1H3,(H,22,23)(H,19,20,21). The van der Waals surface area contributed by atoms with Crippen LogP contribution in [0.5, 0.6) is 5.75 Å². The Morgan fingerprint density at radius 3 is 2.67 bits per heavy atom. The quantitative estimate of drug-likeness (QED) is 0.777. The Bertz CT molecular complexity index is 686. The van der Waals surface area contributed by atoms with Crippen molar-refractivity contribution in [2.24, 2.45) is 0 Å². The fourth-order valence-corrected chi connectivity index (χ4v) is 2.81. The maximum atomic E-state index is 12.1. The van der Waals surface area contributed by atoms with Gasteiger partial charge in [0, 0.05) is 42.9 Å². The summed E-state index contributed by atoms with van der Waals surface area (Å²) in [6, 6.07) is 9.80. The van der Waals surface area contributed by atoms with Crippen LogP contribution in [0.2, 0.25) is 0 Å². The van der Waals surface area contributed by atoms with Crippen LogP contribution in [0.25, 0.3) is 0 Å². The maximum Gasteiger partial charge on any atom is 0.222 e. The molecule has 1 heterocycles. The Labute approximate surface area is 141 Å². The Hall–Kier alpha value is -2.63. The lowest BCUT2D eigenvalue weighted by molar-refractivity contribution is -0.120. The SMILES string of the molecule is COc1ccccc1C1(CNC(=O)CCNc2ncccn2)CC1. The predicted molar refractivity (Wildman–Crippen MR) is 92.1 cm³/mol. The third kappa shape index (κ3) is 3.82. The monoisotopic (exact) mass is 326 g/mol. The van der Waals surface area contributed by atoms with E-state index in [9.17, 15) is 4.79 Å². The lowest BCUT2D eigenvalue weighted by Gasteiger charge is -2.19. The molecule has 0 unspecified atom stereocenters. The summed E-state index contributed by atoms with van der Waals surface area (Å²) in [5.41, 5.74) is 1.21. The number of rotatable bonds is 8. The summed E-state index contributed by atoms with van der Waals surface area (Å²) < 4.78 is 5.46. The third-order valence-electron chi connectivity index (χ3n) is 4.36. The molecule has 1 aromatic heterocycles. The Morgan fingerprint density at radius 2 is 1.96 bits per heavy atom. The molecule has 126 valence electrons. The van der Waals surface area contributed by atoms with Gasteiger partial charge < -0.3 is 15.4 Å². The molecule has 0 bridgehead atoms. The lowest BCUT2D eigenvalue weighted by Crippen LogP contribution is -2.33. The van der Waals surface area contributed by atoms with Gasteiger partial charge in [-0.1, -0.05) is 18.2 Å². The van der Waals surface area contributed by atoms with Gasteiger partial charge in [0.25, 0.3) is 0 Å². The van der Waals surface area contributed by atoms with Crippen LogP contribution in [0.1, 0.15) is 24.8 Å². The Balaban J connectivity index is 1.47. The van der Waals surface area contributed by atoms with Crippen LogP contribution in [0.15, 0.2) is 42.7 Å². The van der Waals surface area contributed by atoms with Crippen molar-refractivity contribution in [2.75, 3.05) is 25.5 Å². The summed E-state index contributed by atoms with van der Waals surface area (Å²) in [5, 5.41) is 6.08. The smallest absolute Gasteiger partial charge is 0.222 e. The molecule has 2 aromatic rings. The van der Waals surface area contributed by atoms with Crippen molar-refractivity contribution in [1.29, 1.82) is 0 Å². The van der Waals surface area contributed by atoms with E-state index in [1.807, 2.05) is 18.2 Å². The molecule has 3 rings (SSSR count). The summed E-state index contributed by atoms with van der Waals surface area (Å²) in [5.74, 6) is 1.46. The molecule has 1 amide bonds. The summed E-state index contributed by atoms with van der Waals surface area (Å²) in [6.07, 6.45) is 5.87. The van der Waals surface area contributed by atoms with Crippen LogP contribution >= 0.6 is 0 Å². The number of hydrogen-bond acceptors (Lipinski definition) is 5. The molecule has 0 saturated heterocycles. The van der Waals surface area contributed by atoms with E-state index in [2.05, 4.69) is 26.7 Å². The number of methoxy groups -OCH3 is 1. The van der Waals surface area contributed by atoms with E-state index in [0.29, 0.717) is 25.5 Å². The van der Waals surface area contributed by atoms with Gasteiger partial charge in [-0.05, 0) is 25.0 Å². The van der Waals surface area contributed by atoms with Crippen molar-refractivity contribution >= 4 is 11.9 Å². The average Bonchev–Trinajstić information content (AvgIpc) is 3.42. The number of hydrogen-bond donors (Lipinski definition) is 2. The highest BCUT2D eigenvalue weighted by molar-refractivity contribution is 5.76. The number of carbonyl (C=O) groups excluding carboxylic acids is 1. The van der Waals surface area contributed by atoms with E-state index in [0.717, 1.165) is 18.6 Å². The topological polar surface area (TPSA) is 76.1 Å². The minimum absolute atomic E-state index is 0.0260. The van der Waals surface area contributed by atoms with Crippen molar-refractivity contribution in [3.8, 4) is 5.75 Å². The van der Waals surface area contributed by atoms with Gasteiger partial charge in [-0.15, -0.1) is 0 Å². The van der Waals surface area contributed by atoms with E-state index in [1.54, 1.807) is 25.6 Å². The van der Waals surface area contributed by atoms with Crippen molar-refractivity contribution in [1.82, 2.24) is 15.3 Å². The summed E-state index contributed by atoms with van der Waals surface area (Å²) >= 11 is 0. The third-order valence-corrected chi connectivity index (χ3v) is 4.36. The highest BCUT2D eigenvalue weighted by atomic mass is 16.5. The number of aromatic nitrogens is 2. The van der Waals surface area contributed by atoms with Crippen LogP contribution in [0.3, 0.4) is 0 Å². The van der Waals surface area contributed by atoms with Gasteiger partial charge in [0.05, 0.1) is 7.11 Å². The molecule has 1 fully saturated rings. The van der Waals surface area contributed by atoms with Crippen molar-refractivity contribution in [3.05, 3.63) is 48.3 Å². The predicted octanol–water partition coefficient (Wildman–Crippen LogP) is 2.14. The van der Waals surface area contributed by atoms with E-state index < -0.39 is 0 Å². The highest BCUT2D eigenvalue weighted by Gasteiger charge is 2.46. The first kappa shape index (κ1) is 16.2. The second-order valence-corrected chi connectivity index (χ2v) is 6.01. The van der Waals surface area contributed by atoms with Gasteiger partial charge in [-0.2, -0.15) is 0 Å². The molecule has 1 aliphatic rings. The molecule has 1 saturated carbocycles. The van der Waals surface area contributed by atoms with Gasteiger partial charge in [0.2, 0.25) is 11.9 Å². The summed E-state index contributed by atoms with van der Waals surface area (Å²) in [6.45, 7) is 1.16. The zero-order valence-corrected chi connectivity index (χ0v) is 13.8. The van der Waals surface area contributed by atoms with Crippen LogP contribution in [0, 0.1) is 0 Å². The number of amides is 1. The van der Waals surface area contributed by atoms with E-state index in [4.69, 9.17) is 4.74 Å². The van der Waals surface area contributed by atoms with Crippen molar-refractivity contribution in [2.45, 2.75) is 24.7 Å². The molecule has 0 aliphatic heterocycles. The van der Waals surface area contributed by atoms with Crippen LogP contribution in [0.4, 0.5) is 5.95 Å². The van der Waals surface area contributed by atoms with Crippen LogP contribution in [-0.4, -0.2) is 36.1 Å². The van der Waals surface area contributed by atoms with Gasteiger partial charge >= 0.3 is 0 Å². The fraction of sp³-hybridized carbons (Fsp3) is 0.389. The van der Waals surface area contributed by atoms with E-state index in [-0.39, 0.29) is 11.3 Å². The first-order valence-electron chi connectivity index (χ1n) is 8.15. The summed E-state index contributed by atoms with van der Waals surface area (Å²) in [7, 11) is 1.69. The van der Waals surface area contributed by atoms with E-state index >= 15 is 0 Å². The number of nitrogens with one attached hydrogen (secondary N) is 2. The number of benzene rings is 1. The zero-order valence-electron chi connectivity index (χ0n) is 13.8. The van der Waals surface area contributed by atoms with Gasteiger partial charge in [-0.3, -0.25) is 4.79 Å². The second kappa shape index (κ2) is 7.29.